The third-order valence-electron chi connectivity index (χ3n) is 14.0. The van der Waals surface area contributed by atoms with E-state index in [1.165, 1.54) is 105 Å². The van der Waals surface area contributed by atoms with Crippen molar-refractivity contribution in [3.05, 3.63) is 246 Å². The van der Waals surface area contributed by atoms with Crippen molar-refractivity contribution in [2.45, 2.75) is 43.9 Å². The molecule has 10 aromatic rings. The van der Waals surface area contributed by atoms with E-state index >= 15 is 0 Å². The number of fused-ring (bicyclic) bond motifs is 9. The first kappa shape index (κ1) is 36.6. The van der Waals surface area contributed by atoms with Gasteiger partial charge in [-0.2, -0.15) is 0 Å². The van der Waals surface area contributed by atoms with Crippen LogP contribution in [-0.2, 0) is 19.3 Å². The second-order valence-electron chi connectivity index (χ2n) is 17.5. The van der Waals surface area contributed by atoms with Crippen LogP contribution in [0.1, 0.15) is 58.1 Å². The van der Waals surface area contributed by atoms with Crippen LogP contribution >= 0.6 is 0 Å². The van der Waals surface area contributed by atoms with Gasteiger partial charge in [-0.1, -0.05) is 164 Å². The van der Waals surface area contributed by atoms with E-state index in [-0.39, 0.29) is 0 Å². The van der Waals surface area contributed by atoms with Gasteiger partial charge in [0.15, 0.2) is 0 Å². The fourth-order valence-electron chi connectivity index (χ4n) is 10.9. The fourth-order valence-corrected chi connectivity index (χ4v) is 10.9. The highest BCUT2D eigenvalue weighted by Crippen LogP contribution is 2.47. The Bertz CT molecular complexity index is 3260. The monoisotopic (exact) mass is 793 g/mol. The van der Waals surface area contributed by atoms with Crippen molar-refractivity contribution in [3.8, 4) is 50.2 Å². The van der Waals surface area contributed by atoms with Gasteiger partial charge < -0.3 is 4.57 Å². The van der Waals surface area contributed by atoms with Crippen LogP contribution in [-0.4, -0.2) is 4.57 Å². The van der Waals surface area contributed by atoms with E-state index in [9.17, 15) is 0 Å². The Labute approximate surface area is 364 Å². The molecule has 1 heterocycles. The molecule has 2 aliphatic rings. The molecule has 0 bridgehead atoms. The highest BCUT2D eigenvalue weighted by atomic mass is 15.0. The number of nitrogens with zero attached hydrogens (tertiary/aromatic N) is 1. The van der Waals surface area contributed by atoms with Crippen LogP contribution in [0.5, 0.6) is 0 Å². The summed E-state index contributed by atoms with van der Waals surface area (Å²) in [6, 6.07) is 79.8. The maximum Gasteiger partial charge on any atom is 0.0541 e. The number of hydrogen-bond acceptors (Lipinski definition) is 0. The van der Waals surface area contributed by atoms with Gasteiger partial charge in [0.05, 0.1) is 11.0 Å². The Morgan fingerprint density at radius 3 is 1.82 bits per heavy atom. The molecule has 2 aliphatic carbocycles. The van der Waals surface area contributed by atoms with Crippen molar-refractivity contribution in [2.75, 3.05) is 0 Å². The Balaban J connectivity index is 0.979. The summed E-state index contributed by atoms with van der Waals surface area (Å²) in [6.45, 7) is 0. The Morgan fingerprint density at radius 1 is 0.419 bits per heavy atom. The number of aromatic nitrogens is 1. The molecule has 12 rings (SSSR count). The molecule has 296 valence electrons. The van der Waals surface area contributed by atoms with Crippen molar-refractivity contribution < 1.29 is 0 Å². The molecule has 1 aromatic heterocycles. The summed E-state index contributed by atoms with van der Waals surface area (Å²) in [5.41, 5.74) is 22.8. The molecule has 2 atom stereocenters. The number of rotatable bonds is 7. The zero-order valence-corrected chi connectivity index (χ0v) is 34.8. The first-order chi connectivity index (χ1) is 30.7. The third-order valence-corrected chi connectivity index (χ3v) is 14.0. The zero-order chi connectivity index (χ0) is 41.0. The lowest BCUT2D eigenvalue weighted by molar-refractivity contribution is 0.616. The highest BCUT2D eigenvalue weighted by Gasteiger charge is 2.27. The SMILES string of the molecule is c1ccc(CCC2Cc3ccccc3-c3cc(-c4ccc5c(c4)-c4cc(-c6ccc7c(c6)c6ccccc6n7-c6ccccc6)ccc4CCC5c4ccccc4)ccc32)cc1. The molecule has 2 unspecified atom stereocenters. The number of benzene rings is 9. The average molecular weight is 794 g/mol. The summed E-state index contributed by atoms with van der Waals surface area (Å²) in [4.78, 5) is 0. The van der Waals surface area contributed by atoms with E-state index in [1.54, 1.807) is 0 Å². The van der Waals surface area contributed by atoms with Gasteiger partial charge in [0.25, 0.3) is 0 Å². The second kappa shape index (κ2) is 15.4. The lowest BCUT2D eigenvalue weighted by atomic mass is 9.75. The number of aryl methyl sites for hydroxylation is 2. The van der Waals surface area contributed by atoms with Gasteiger partial charge in [0.2, 0.25) is 0 Å². The minimum atomic E-state index is 0.317. The molecule has 62 heavy (non-hydrogen) atoms. The molecule has 1 nitrogen and oxygen atoms in total. The Hall–Kier alpha value is -7.22. The van der Waals surface area contributed by atoms with Gasteiger partial charge in [0, 0.05) is 22.4 Å². The smallest absolute Gasteiger partial charge is 0.0541 e. The van der Waals surface area contributed by atoms with Crippen LogP contribution < -0.4 is 0 Å². The molecule has 1 heteroatoms. The summed E-state index contributed by atoms with van der Waals surface area (Å²) in [5.74, 6) is 0.810. The van der Waals surface area contributed by atoms with Gasteiger partial charge in [-0.05, 0) is 164 Å². The maximum atomic E-state index is 2.51. The minimum Gasteiger partial charge on any atom is -0.309 e. The van der Waals surface area contributed by atoms with Gasteiger partial charge in [0.1, 0.15) is 0 Å². The molecule has 0 fully saturated rings. The molecule has 0 aliphatic heterocycles. The van der Waals surface area contributed by atoms with Crippen LogP contribution in [0.2, 0.25) is 0 Å². The second-order valence-corrected chi connectivity index (χ2v) is 17.5. The molecule has 0 saturated heterocycles. The standard InChI is InChI=1S/C61H47N/c1-4-14-41(15-5-1)24-25-49-36-48-18-10-11-21-51(48)57-38-45(29-33-53(49)57)46-30-34-54-52(42-16-6-2-7-17-42)32-28-43-26-27-44(37-56(43)58(54)39-46)47-31-35-61-59(40-47)55-22-12-13-23-60(55)62(61)50-19-8-3-9-20-50/h1-23,26-27,29-31,33-35,37-40,49,52H,24-25,28,32,36H2. The molecule has 0 spiro atoms. The quantitative estimate of drug-likeness (QED) is 0.151. The van der Waals surface area contributed by atoms with Gasteiger partial charge >= 0.3 is 0 Å². The largest absolute Gasteiger partial charge is 0.309 e. The van der Waals surface area contributed by atoms with Crippen molar-refractivity contribution in [2.24, 2.45) is 0 Å². The Morgan fingerprint density at radius 2 is 1.02 bits per heavy atom. The highest BCUT2D eigenvalue weighted by molar-refractivity contribution is 6.10. The van der Waals surface area contributed by atoms with Crippen molar-refractivity contribution in [3.63, 3.8) is 0 Å². The van der Waals surface area contributed by atoms with E-state index in [0.717, 1.165) is 32.1 Å². The molecule has 0 saturated carbocycles. The van der Waals surface area contributed by atoms with Crippen LogP contribution in [0.4, 0.5) is 0 Å². The molecule has 0 radical (unpaired) electrons. The van der Waals surface area contributed by atoms with Crippen LogP contribution in [0.25, 0.3) is 72.0 Å². The molecular formula is C61H47N. The van der Waals surface area contributed by atoms with E-state index in [1.807, 2.05) is 0 Å². The summed E-state index contributed by atoms with van der Waals surface area (Å²) in [5, 5.41) is 2.55. The zero-order valence-electron chi connectivity index (χ0n) is 34.8. The van der Waals surface area contributed by atoms with Crippen LogP contribution in [0, 0.1) is 0 Å². The summed E-state index contributed by atoms with van der Waals surface area (Å²) < 4.78 is 2.40. The van der Waals surface area contributed by atoms with Gasteiger partial charge in [-0.25, -0.2) is 0 Å². The summed E-state index contributed by atoms with van der Waals surface area (Å²) in [7, 11) is 0. The summed E-state index contributed by atoms with van der Waals surface area (Å²) in [6.07, 6.45) is 5.44. The minimum absolute atomic E-state index is 0.317. The molecular weight excluding hydrogens is 747 g/mol. The number of hydrogen-bond donors (Lipinski definition) is 0. The van der Waals surface area contributed by atoms with E-state index < -0.39 is 0 Å². The van der Waals surface area contributed by atoms with Gasteiger partial charge in [-0.3, -0.25) is 0 Å². The predicted octanol–water partition coefficient (Wildman–Crippen LogP) is 15.8. The average Bonchev–Trinajstić information content (AvgIpc) is 3.58. The summed E-state index contributed by atoms with van der Waals surface area (Å²) >= 11 is 0. The van der Waals surface area contributed by atoms with E-state index in [4.69, 9.17) is 0 Å². The Kier molecular flexibility index (Phi) is 9.07. The van der Waals surface area contributed by atoms with Crippen molar-refractivity contribution >= 4 is 21.8 Å². The first-order valence-electron chi connectivity index (χ1n) is 22.4. The van der Waals surface area contributed by atoms with Crippen molar-refractivity contribution in [1.82, 2.24) is 4.57 Å². The number of para-hydroxylation sites is 2. The molecule has 0 amide bonds. The third kappa shape index (κ3) is 6.39. The normalized spacial score (nSPS) is 15.4. The predicted molar refractivity (Wildman–Crippen MR) is 260 cm³/mol. The maximum absolute atomic E-state index is 2.51. The topological polar surface area (TPSA) is 4.93 Å². The van der Waals surface area contributed by atoms with Gasteiger partial charge in [-0.15, -0.1) is 0 Å². The van der Waals surface area contributed by atoms with E-state index in [0.29, 0.717) is 11.8 Å². The lowest BCUT2D eigenvalue weighted by Crippen LogP contribution is -2.12. The molecule has 0 N–H and O–H groups in total. The van der Waals surface area contributed by atoms with Crippen molar-refractivity contribution in [1.29, 1.82) is 0 Å². The van der Waals surface area contributed by atoms with Crippen LogP contribution in [0.3, 0.4) is 0 Å². The van der Waals surface area contributed by atoms with E-state index in [2.05, 4.69) is 217 Å². The molecule has 9 aromatic carbocycles. The van der Waals surface area contributed by atoms with Crippen LogP contribution in [0.15, 0.2) is 212 Å². The lowest BCUT2D eigenvalue weighted by Gasteiger charge is -2.29. The fraction of sp³-hybridized carbons (Fsp3) is 0.115. The first-order valence-corrected chi connectivity index (χ1v) is 22.4.